The third kappa shape index (κ3) is 3.64. The maximum atomic E-state index is 12.3. The second kappa shape index (κ2) is 6.84. The average Bonchev–Trinajstić information content (AvgIpc) is 2.94. The minimum absolute atomic E-state index is 0.0625. The molecule has 0 spiro atoms. The molecule has 2 N–H and O–H groups in total. The Hall–Kier alpha value is -1.41. The van der Waals surface area contributed by atoms with Gasteiger partial charge in [-0.3, -0.25) is 0 Å². The van der Waals surface area contributed by atoms with E-state index < -0.39 is 16.1 Å². The van der Waals surface area contributed by atoms with E-state index in [-0.39, 0.29) is 11.4 Å². The first-order valence-electron chi connectivity index (χ1n) is 7.64. The van der Waals surface area contributed by atoms with Gasteiger partial charge in [0.25, 0.3) is 0 Å². The molecule has 0 radical (unpaired) electrons. The minimum Gasteiger partial charge on any atom is -0.387 e. The van der Waals surface area contributed by atoms with Crippen LogP contribution in [0.25, 0.3) is 0 Å². The number of benzene rings is 2. The molecule has 0 amide bonds. The fourth-order valence-corrected chi connectivity index (χ4v) is 4.10. The summed E-state index contributed by atoms with van der Waals surface area (Å²) in [6.45, 7) is 0.901. The average molecular weight is 411 g/mol. The minimum atomic E-state index is -3.64. The fraction of sp³-hybridized carbons (Fsp3) is 0.294. The number of fused-ring (bicyclic) bond motifs is 1. The molecule has 0 saturated heterocycles. The molecular formula is C17H19BrN2O3S. The van der Waals surface area contributed by atoms with Crippen molar-refractivity contribution < 1.29 is 13.5 Å². The molecule has 0 aliphatic carbocycles. The van der Waals surface area contributed by atoms with Gasteiger partial charge in [-0.05, 0) is 47.9 Å². The van der Waals surface area contributed by atoms with Crippen LogP contribution in [0, 0.1) is 0 Å². The van der Waals surface area contributed by atoms with Crippen molar-refractivity contribution in [2.45, 2.75) is 17.4 Å². The molecule has 0 bridgehead atoms. The molecule has 1 aliphatic heterocycles. The largest absolute Gasteiger partial charge is 0.387 e. The van der Waals surface area contributed by atoms with E-state index in [0.29, 0.717) is 0 Å². The number of likely N-dealkylation sites (N-methyl/N-ethyl adjacent to an activating group) is 1. The Morgan fingerprint density at radius 2 is 1.96 bits per heavy atom. The number of hydrogen-bond acceptors (Lipinski definition) is 4. The Morgan fingerprint density at radius 3 is 2.67 bits per heavy atom. The van der Waals surface area contributed by atoms with Gasteiger partial charge in [0.2, 0.25) is 10.0 Å². The van der Waals surface area contributed by atoms with Gasteiger partial charge in [-0.1, -0.05) is 28.1 Å². The fourth-order valence-electron chi connectivity index (χ4n) is 2.80. The second-order valence-electron chi connectivity index (χ2n) is 5.88. The number of hydrogen-bond donors (Lipinski definition) is 2. The SMILES string of the molecule is CN1CCc2cc(C(O)CNS(=O)(=O)c3ccc(Br)cc3)ccc21. The summed E-state index contributed by atoms with van der Waals surface area (Å²) in [7, 11) is -1.60. The molecule has 1 atom stereocenters. The molecule has 3 rings (SSSR count). The molecule has 128 valence electrons. The highest BCUT2D eigenvalue weighted by molar-refractivity contribution is 9.10. The van der Waals surface area contributed by atoms with Crippen LogP contribution in [-0.2, 0) is 16.4 Å². The molecule has 5 nitrogen and oxygen atoms in total. The molecule has 0 aromatic heterocycles. The molecule has 0 fully saturated rings. The summed E-state index contributed by atoms with van der Waals surface area (Å²) in [5.74, 6) is 0. The number of nitrogens with zero attached hydrogens (tertiary/aromatic N) is 1. The van der Waals surface area contributed by atoms with Gasteiger partial charge in [0.05, 0.1) is 11.0 Å². The lowest BCUT2D eigenvalue weighted by molar-refractivity contribution is 0.182. The Kier molecular flexibility index (Phi) is 4.96. The van der Waals surface area contributed by atoms with Gasteiger partial charge in [0.15, 0.2) is 0 Å². The number of sulfonamides is 1. The van der Waals surface area contributed by atoms with Gasteiger partial charge in [0, 0.05) is 30.3 Å². The van der Waals surface area contributed by atoms with Crippen molar-refractivity contribution in [1.29, 1.82) is 0 Å². The van der Waals surface area contributed by atoms with Crippen molar-refractivity contribution in [1.82, 2.24) is 4.72 Å². The van der Waals surface area contributed by atoms with Crippen molar-refractivity contribution >= 4 is 31.6 Å². The number of anilines is 1. The maximum Gasteiger partial charge on any atom is 0.240 e. The normalized spacial score (nSPS) is 15.4. The van der Waals surface area contributed by atoms with Gasteiger partial charge in [-0.15, -0.1) is 0 Å². The zero-order valence-corrected chi connectivity index (χ0v) is 15.6. The highest BCUT2D eigenvalue weighted by atomic mass is 79.9. The number of aliphatic hydroxyl groups excluding tert-OH is 1. The number of rotatable bonds is 5. The Balaban J connectivity index is 1.69. The predicted octanol–water partition coefficient (Wildman–Crippen LogP) is 2.45. The van der Waals surface area contributed by atoms with Crippen molar-refractivity contribution in [3.05, 3.63) is 58.1 Å². The molecule has 2 aromatic carbocycles. The third-order valence-corrected chi connectivity index (χ3v) is 6.17. The predicted molar refractivity (Wildman–Crippen MR) is 97.7 cm³/mol. The third-order valence-electron chi connectivity index (χ3n) is 4.21. The molecule has 7 heteroatoms. The van der Waals surface area contributed by atoms with Crippen molar-refractivity contribution in [2.75, 3.05) is 25.0 Å². The van der Waals surface area contributed by atoms with E-state index in [4.69, 9.17) is 0 Å². The van der Waals surface area contributed by atoms with Crippen LogP contribution >= 0.6 is 15.9 Å². The standard InChI is InChI=1S/C17H19BrN2O3S/c1-20-9-8-12-10-13(2-7-16(12)20)17(21)11-19-24(22,23)15-5-3-14(18)4-6-15/h2-7,10,17,19,21H,8-9,11H2,1H3. The van der Waals surface area contributed by atoms with Gasteiger partial charge in [0.1, 0.15) is 0 Å². The van der Waals surface area contributed by atoms with Crippen LogP contribution in [0.4, 0.5) is 5.69 Å². The highest BCUT2D eigenvalue weighted by Gasteiger charge is 2.20. The summed E-state index contributed by atoms with van der Waals surface area (Å²) < 4.78 is 27.8. The summed E-state index contributed by atoms with van der Waals surface area (Å²) in [5, 5.41) is 10.3. The second-order valence-corrected chi connectivity index (χ2v) is 8.56. The Morgan fingerprint density at radius 1 is 1.25 bits per heavy atom. The van der Waals surface area contributed by atoms with Gasteiger partial charge >= 0.3 is 0 Å². The molecule has 1 unspecified atom stereocenters. The molecule has 2 aromatic rings. The van der Waals surface area contributed by atoms with Crippen LogP contribution in [0.15, 0.2) is 51.8 Å². The van der Waals surface area contributed by atoms with E-state index >= 15 is 0 Å². The van der Waals surface area contributed by atoms with Crippen molar-refractivity contribution in [3.63, 3.8) is 0 Å². The van der Waals surface area contributed by atoms with E-state index in [9.17, 15) is 13.5 Å². The lowest BCUT2D eigenvalue weighted by Gasteiger charge is -2.15. The van der Waals surface area contributed by atoms with E-state index in [1.165, 1.54) is 23.4 Å². The van der Waals surface area contributed by atoms with Crippen LogP contribution in [0.3, 0.4) is 0 Å². The summed E-state index contributed by atoms with van der Waals surface area (Å²) >= 11 is 3.27. The Labute approximate surface area is 150 Å². The smallest absolute Gasteiger partial charge is 0.240 e. The lowest BCUT2D eigenvalue weighted by atomic mass is 10.0. The van der Waals surface area contributed by atoms with E-state index in [2.05, 4.69) is 25.6 Å². The van der Waals surface area contributed by atoms with Crippen LogP contribution in [0.5, 0.6) is 0 Å². The lowest BCUT2D eigenvalue weighted by Crippen LogP contribution is -2.28. The highest BCUT2D eigenvalue weighted by Crippen LogP contribution is 2.29. The molecule has 1 aliphatic rings. The van der Waals surface area contributed by atoms with Gasteiger partial charge in [-0.25, -0.2) is 13.1 Å². The van der Waals surface area contributed by atoms with Crippen LogP contribution in [0.2, 0.25) is 0 Å². The van der Waals surface area contributed by atoms with Gasteiger partial charge < -0.3 is 10.0 Å². The first-order chi connectivity index (χ1) is 11.4. The number of halogens is 1. The van der Waals surface area contributed by atoms with E-state index in [1.807, 2.05) is 25.2 Å². The van der Waals surface area contributed by atoms with E-state index in [1.54, 1.807) is 12.1 Å². The quantitative estimate of drug-likeness (QED) is 0.793. The zero-order chi connectivity index (χ0) is 17.3. The molecular weight excluding hydrogens is 392 g/mol. The summed E-state index contributed by atoms with van der Waals surface area (Å²) in [6.07, 6.45) is 0.0585. The Bertz CT molecular complexity index is 837. The molecule has 0 saturated carbocycles. The van der Waals surface area contributed by atoms with Crippen LogP contribution in [-0.4, -0.2) is 33.7 Å². The van der Waals surface area contributed by atoms with Gasteiger partial charge in [-0.2, -0.15) is 0 Å². The van der Waals surface area contributed by atoms with Crippen LogP contribution in [0.1, 0.15) is 17.2 Å². The summed E-state index contributed by atoms with van der Waals surface area (Å²) in [6, 6.07) is 12.2. The number of nitrogens with one attached hydrogen (secondary N) is 1. The zero-order valence-electron chi connectivity index (χ0n) is 13.2. The molecule has 24 heavy (non-hydrogen) atoms. The summed E-state index contributed by atoms with van der Waals surface area (Å²) in [5.41, 5.74) is 3.08. The van der Waals surface area contributed by atoms with Crippen molar-refractivity contribution in [2.24, 2.45) is 0 Å². The van der Waals surface area contributed by atoms with Crippen LogP contribution < -0.4 is 9.62 Å². The first-order valence-corrected chi connectivity index (χ1v) is 9.92. The molecule has 1 heterocycles. The summed E-state index contributed by atoms with van der Waals surface area (Å²) in [4.78, 5) is 2.34. The monoisotopic (exact) mass is 410 g/mol. The van der Waals surface area contributed by atoms with E-state index in [0.717, 1.165) is 23.0 Å². The maximum absolute atomic E-state index is 12.3. The topological polar surface area (TPSA) is 69.6 Å². The van der Waals surface area contributed by atoms with Crippen molar-refractivity contribution in [3.8, 4) is 0 Å². The number of aliphatic hydroxyl groups is 1. The first kappa shape index (κ1) is 17.4.